The zero-order chi connectivity index (χ0) is 15.9. The van der Waals surface area contributed by atoms with Gasteiger partial charge in [-0.05, 0) is 34.9 Å². The van der Waals surface area contributed by atoms with Crippen LogP contribution in [0, 0.1) is 5.41 Å². The van der Waals surface area contributed by atoms with E-state index >= 15 is 0 Å². The van der Waals surface area contributed by atoms with Crippen molar-refractivity contribution >= 4 is 0 Å². The van der Waals surface area contributed by atoms with Crippen molar-refractivity contribution < 1.29 is 10.6 Å². The SMILES string of the molecule is [2H]Oc1c([2H])c([2H])c(C(C)(C)CC(C)(C)C)c([2H])c1[2H]. The second-order valence-corrected chi connectivity index (χ2v) is 5.83. The molecule has 0 saturated carbocycles. The number of aromatic hydroxyl groups is 1. The molecule has 0 atom stereocenters. The molecule has 1 heteroatoms. The molecular formula is C14H22O. The molecular weight excluding hydrogens is 184 g/mol. The summed E-state index contributed by atoms with van der Waals surface area (Å²) in [7, 11) is 0. The lowest BCUT2D eigenvalue weighted by molar-refractivity contribution is 0.284. The lowest BCUT2D eigenvalue weighted by Gasteiger charge is -2.33. The minimum atomic E-state index is -0.501. The standard InChI is InChI=1S/C14H22O/c1-13(2,3)10-14(4,5)11-6-8-12(15)9-7-11/h6-9,15H,10H2,1-5H3/i6D,7D,8D,9D/hD. The third kappa shape index (κ3) is 3.58. The number of phenolic OH excluding ortho intramolecular Hbond substituents is 1. The van der Waals surface area contributed by atoms with Crippen LogP contribution in [0.25, 0.3) is 0 Å². The Labute approximate surface area is 100 Å². The molecule has 0 saturated heterocycles. The Bertz CT molecular complexity index is 488. The largest absolute Gasteiger partial charge is 0.508 e. The smallest absolute Gasteiger partial charge is 0.293 e. The molecule has 1 aromatic carbocycles. The maximum absolute atomic E-state index is 8.09. The fourth-order valence-corrected chi connectivity index (χ4v) is 2.05. The number of benzene rings is 1. The van der Waals surface area contributed by atoms with Gasteiger partial charge in [0.1, 0.15) is 5.75 Å². The molecule has 0 amide bonds. The topological polar surface area (TPSA) is 20.2 Å². The highest BCUT2D eigenvalue weighted by Crippen LogP contribution is 2.36. The van der Waals surface area contributed by atoms with Crippen molar-refractivity contribution in [2.75, 3.05) is 0 Å². The monoisotopic (exact) mass is 211 g/mol. The summed E-state index contributed by atoms with van der Waals surface area (Å²) < 4.78 is 38.8. The average molecular weight is 211 g/mol. The zero-order valence-electron chi connectivity index (χ0n) is 15.1. The van der Waals surface area contributed by atoms with Crippen LogP contribution in [0.5, 0.6) is 5.75 Å². The van der Waals surface area contributed by atoms with Gasteiger partial charge in [-0.25, -0.2) is 0 Å². The van der Waals surface area contributed by atoms with Crippen LogP contribution >= 0.6 is 0 Å². The molecule has 0 fully saturated rings. The molecule has 0 heterocycles. The summed E-state index contributed by atoms with van der Waals surface area (Å²) in [5.74, 6) is -0.324. The van der Waals surface area contributed by atoms with Crippen LogP contribution in [0.15, 0.2) is 24.2 Å². The molecule has 0 radical (unpaired) electrons. The first-order valence-corrected chi connectivity index (χ1v) is 5.16. The lowest BCUT2D eigenvalue weighted by Crippen LogP contribution is -2.24. The highest BCUT2D eigenvalue weighted by atomic mass is 16.3. The number of rotatable bonds is 3. The van der Waals surface area contributed by atoms with Crippen molar-refractivity contribution in [2.24, 2.45) is 5.41 Å². The van der Waals surface area contributed by atoms with Crippen molar-refractivity contribution in [2.45, 2.75) is 46.5 Å². The molecule has 0 aliphatic heterocycles. The second kappa shape index (κ2) is 3.88. The maximum Gasteiger partial charge on any atom is 0.293 e. The van der Waals surface area contributed by atoms with E-state index in [4.69, 9.17) is 6.91 Å². The van der Waals surface area contributed by atoms with Gasteiger partial charge in [-0.3, -0.25) is 0 Å². The molecule has 1 rings (SSSR count). The predicted molar refractivity (Wildman–Crippen MR) is 65.2 cm³/mol. The van der Waals surface area contributed by atoms with Gasteiger partial charge in [0, 0.05) is 0 Å². The van der Waals surface area contributed by atoms with E-state index < -0.39 is 5.41 Å². The van der Waals surface area contributed by atoms with E-state index in [1.54, 1.807) is 0 Å². The van der Waals surface area contributed by atoms with Gasteiger partial charge in [0.25, 0.3) is 1.43 Å². The Morgan fingerprint density at radius 3 is 2.07 bits per heavy atom. The highest BCUT2D eigenvalue weighted by Gasteiger charge is 2.26. The highest BCUT2D eigenvalue weighted by molar-refractivity contribution is 5.30. The molecule has 84 valence electrons. The van der Waals surface area contributed by atoms with Gasteiger partial charge in [0.2, 0.25) is 0 Å². The summed E-state index contributed by atoms with van der Waals surface area (Å²) in [6.07, 6.45) is 0.720. The van der Waals surface area contributed by atoms with Crippen LogP contribution in [-0.4, -0.2) is 6.54 Å². The van der Waals surface area contributed by atoms with Gasteiger partial charge < -0.3 is 5.11 Å². The Morgan fingerprint density at radius 2 is 1.67 bits per heavy atom. The fourth-order valence-electron chi connectivity index (χ4n) is 2.05. The lowest BCUT2D eigenvalue weighted by atomic mass is 9.72. The molecule has 0 unspecified atom stereocenters. The van der Waals surface area contributed by atoms with Crippen molar-refractivity contribution in [3.63, 3.8) is 0 Å². The summed E-state index contributed by atoms with van der Waals surface area (Å²) in [5, 5.41) is 4.24. The van der Waals surface area contributed by atoms with Crippen LogP contribution in [0.2, 0.25) is 0 Å². The molecule has 1 N–H and O–H groups in total. The summed E-state index contributed by atoms with van der Waals surface area (Å²) in [6.45, 7) is 10.1. The molecule has 15 heavy (non-hydrogen) atoms. The van der Waals surface area contributed by atoms with E-state index in [0.29, 0.717) is 5.56 Å². The van der Waals surface area contributed by atoms with Crippen LogP contribution in [-0.2, 0) is 5.41 Å². The van der Waals surface area contributed by atoms with Crippen LogP contribution < -0.4 is 0 Å². The minimum Gasteiger partial charge on any atom is -0.508 e. The first-order chi connectivity index (χ1) is 8.92. The van der Waals surface area contributed by atoms with E-state index in [1.807, 2.05) is 13.8 Å². The van der Waals surface area contributed by atoms with Gasteiger partial charge in [-0.15, -0.1) is 0 Å². The van der Waals surface area contributed by atoms with E-state index in [2.05, 4.69) is 25.9 Å². The first-order valence-electron chi connectivity index (χ1n) is 7.57. The summed E-state index contributed by atoms with van der Waals surface area (Å²) in [6, 6.07) is -0.832. The maximum atomic E-state index is 8.09. The van der Waals surface area contributed by atoms with Crippen LogP contribution in [0.3, 0.4) is 0 Å². The summed E-state index contributed by atoms with van der Waals surface area (Å²) in [5.41, 5.74) is -0.126. The average Bonchev–Trinajstić information content (AvgIpc) is 2.24. The van der Waals surface area contributed by atoms with Crippen molar-refractivity contribution in [3.8, 4) is 5.75 Å². The quantitative estimate of drug-likeness (QED) is 0.798. The zero-order valence-corrected chi connectivity index (χ0v) is 10.1. The molecule has 0 bridgehead atoms. The molecule has 0 aromatic heterocycles. The second-order valence-electron chi connectivity index (χ2n) is 5.83. The van der Waals surface area contributed by atoms with Gasteiger partial charge in [0.15, 0.2) is 0 Å². The third-order valence-corrected chi connectivity index (χ3v) is 2.25. The Kier molecular flexibility index (Phi) is 1.70. The third-order valence-electron chi connectivity index (χ3n) is 2.25. The predicted octanol–water partition coefficient (Wildman–Crippen LogP) is 4.11. The van der Waals surface area contributed by atoms with Crippen molar-refractivity contribution in [3.05, 3.63) is 29.7 Å². The number of hydrogen-bond acceptors (Lipinski definition) is 1. The normalized spacial score (nSPS) is 17.3. The first kappa shape index (κ1) is 6.57. The van der Waals surface area contributed by atoms with E-state index in [9.17, 15) is 0 Å². The molecule has 0 aliphatic rings. The van der Waals surface area contributed by atoms with Crippen molar-refractivity contribution in [1.82, 2.24) is 0 Å². The molecule has 1 nitrogen and oxygen atoms in total. The molecule has 0 aliphatic carbocycles. The molecule has 1 aromatic rings. The van der Waals surface area contributed by atoms with E-state index in [1.165, 1.54) is 0 Å². The summed E-state index contributed by atoms with van der Waals surface area (Å²) >= 11 is 0. The van der Waals surface area contributed by atoms with E-state index in [0.717, 1.165) is 6.42 Å². The Morgan fingerprint density at radius 1 is 1.13 bits per heavy atom. The minimum absolute atomic E-state index is 0.00262. The van der Waals surface area contributed by atoms with Crippen LogP contribution in [0.4, 0.5) is 0 Å². The van der Waals surface area contributed by atoms with E-state index in [-0.39, 0.29) is 35.3 Å². The van der Waals surface area contributed by atoms with Gasteiger partial charge in [-0.2, -0.15) is 0 Å². The van der Waals surface area contributed by atoms with Crippen molar-refractivity contribution in [1.29, 1.82) is 1.43 Å². The van der Waals surface area contributed by atoms with Gasteiger partial charge >= 0.3 is 0 Å². The Hall–Kier alpha value is -0.980. The van der Waals surface area contributed by atoms with Gasteiger partial charge in [0.05, 0.1) is 5.48 Å². The number of phenols is 1. The number of hydrogen-bond donors (Lipinski definition) is 1. The summed E-state index contributed by atoms with van der Waals surface area (Å²) in [4.78, 5) is 0. The Balaban J connectivity index is 3.54. The van der Waals surface area contributed by atoms with Gasteiger partial charge in [-0.1, -0.05) is 46.7 Å². The van der Waals surface area contributed by atoms with Crippen LogP contribution in [0.1, 0.15) is 52.1 Å². The molecule has 0 spiro atoms. The fraction of sp³-hybridized carbons (Fsp3) is 0.571.